The van der Waals surface area contributed by atoms with Gasteiger partial charge < -0.3 is 15.0 Å². The maximum Gasteiger partial charge on any atom is 0.408 e. The average Bonchev–Trinajstić information content (AvgIpc) is 2.97. The number of piperidine rings is 1. The van der Waals surface area contributed by atoms with E-state index in [2.05, 4.69) is 46.8 Å². The van der Waals surface area contributed by atoms with Crippen LogP contribution in [0.4, 0.5) is 10.6 Å². The number of carbonyl (C=O) groups is 1. The summed E-state index contributed by atoms with van der Waals surface area (Å²) in [5.74, 6) is 0.853. The van der Waals surface area contributed by atoms with Crippen LogP contribution in [0.5, 0.6) is 0 Å². The summed E-state index contributed by atoms with van der Waals surface area (Å²) in [4.78, 5) is 18.8. The number of hydrogen-bond acceptors (Lipinski definition) is 7. The topological polar surface area (TPSA) is 80.2 Å². The molecule has 9 heteroatoms. The lowest BCUT2D eigenvalue weighted by molar-refractivity contribution is 0.0448. The van der Waals surface area contributed by atoms with Crippen molar-refractivity contribution in [3.05, 3.63) is 10.7 Å². The van der Waals surface area contributed by atoms with Crippen molar-refractivity contribution in [3.8, 4) is 0 Å². The smallest absolute Gasteiger partial charge is 0.408 e. The van der Waals surface area contributed by atoms with Crippen molar-refractivity contribution in [3.63, 3.8) is 0 Å². The van der Waals surface area contributed by atoms with Gasteiger partial charge in [-0.25, -0.2) is 9.78 Å². The molecular formula is C16H22BrN5O2S. The third-order valence-electron chi connectivity index (χ3n) is 4.20. The Morgan fingerprint density at radius 3 is 2.60 bits per heavy atom. The van der Waals surface area contributed by atoms with Crippen LogP contribution in [0.15, 0.2) is 10.7 Å². The summed E-state index contributed by atoms with van der Waals surface area (Å²) >= 11 is 4.65. The van der Waals surface area contributed by atoms with Gasteiger partial charge >= 0.3 is 6.09 Å². The van der Waals surface area contributed by atoms with Gasteiger partial charge in [0.2, 0.25) is 0 Å². The van der Waals surface area contributed by atoms with Crippen LogP contribution in [0.1, 0.15) is 40.5 Å². The van der Waals surface area contributed by atoms with Crippen LogP contribution in [-0.2, 0) is 4.74 Å². The van der Waals surface area contributed by atoms with Gasteiger partial charge in [-0.15, -0.1) is 0 Å². The fraction of sp³-hybridized carbons (Fsp3) is 0.625. The third-order valence-corrected chi connectivity index (χ3v) is 5.30. The van der Waals surface area contributed by atoms with Crippen LogP contribution < -0.4 is 10.2 Å². The summed E-state index contributed by atoms with van der Waals surface area (Å²) in [6.45, 7) is 9.22. The van der Waals surface area contributed by atoms with Gasteiger partial charge in [0.25, 0.3) is 0 Å². The van der Waals surface area contributed by atoms with Gasteiger partial charge in [-0.2, -0.15) is 8.75 Å². The van der Waals surface area contributed by atoms with E-state index in [1.54, 1.807) is 6.20 Å². The zero-order valence-corrected chi connectivity index (χ0v) is 17.2. The number of anilines is 1. The number of pyridine rings is 1. The van der Waals surface area contributed by atoms with Gasteiger partial charge in [0, 0.05) is 24.8 Å². The van der Waals surface area contributed by atoms with Gasteiger partial charge in [-0.3, -0.25) is 0 Å². The van der Waals surface area contributed by atoms with E-state index in [9.17, 15) is 4.79 Å². The molecule has 0 unspecified atom stereocenters. The van der Waals surface area contributed by atoms with Crippen molar-refractivity contribution in [2.24, 2.45) is 0 Å². The highest BCUT2D eigenvalue weighted by Crippen LogP contribution is 2.32. The maximum atomic E-state index is 12.1. The van der Waals surface area contributed by atoms with Gasteiger partial charge in [-0.05, 0) is 56.5 Å². The Balaban J connectivity index is 1.68. The lowest BCUT2D eigenvalue weighted by atomic mass is 9.90. The van der Waals surface area contributed by atoms with Gasteiger partial charge in [0.05, 0.1) is 16.2 Å². The van der Waals surface area contributed by atoms with E-state index in [1.165, 1.54) is 11.7 Å². The number of carbonyl (C=O) groups excluding carboxylic acids is 1. The standard InChI is InChI=1S/C16H22BrN5O2S/c1-15(2,3)24-14(23)19-16(4)5-7-22(8-6-16)13-12-11(20-25-21-12)10(17)9-18-13/h9H,5-8H2,1-4H3,(H,19,23). The van der Waals surface area contributed by atoms with Crippen LogP contribution in [0.2, 0.25) is 0 Å². The van der Waals surface area contributed by atoms with E-state index in [1.807, 2.05) is 20.8 Å². The fourth-order valence-electron chi connectivity index (χ4n) is 2.85. The molecule has 0 atom stereocenters. The number of fused-ring (bicyclic) bond motifs is 1. The van der Waals surface area contributed by atoms with E-state index >= 15 is 0 Å². The number of aromatic nitrogens is 3. The molecule has 2 aromatic rings. The summed E-state index contributed by atoms with van der Waals surface area (Å²) in [5, 5.41) is 3.02. The minimum absolute atomic E-state index is 0.284. The molecule has 2 aromatic heterocycles. The molecule has 1 amide bonds. The summed E-state index contributed by atoms with van der Waals surface area (Å²) in [6, 6.07) is 0. The first kappa shape index (κ1) is 18.3. The summed E-state index contributed by atoms with van der Waals surface area (Å²) in [6.07, 6.45) is 3.02. The molecule has 25 heavy (non-hydrogen) atoms. The van der Waals surface area contributed by atoms with E-state index < -0.39 is 5.60 Å². The number of rotatable bonds is 2. The quantitative estimate of drug-likeness (QED) is 0.785. The molecule has 1 fully saturated rings. The SMILES string of the molecule is CC1(NC(=O)OC(C)(C)C)CCN(c2ncc(Br)c3nsnc23)CC1. The zero-order valence-electron chi connectivity index (χ0n) is 14.8. The number of hydrogen-bond donors (Lipinski definition) is 1. The second-order valence-electron chi connectivity index (χ2n) is 7.57. The largest absolute Gasteiger partial charge is 0.444 e. The van der Waals surface area contributed by atoms with E-state index in [-0.39, 0.29) is 11.6 Å². The van der Waals surface area contributed by atoms with Gasteiger partial charge in [0.15, 0.2) is 5.82 Å². The number of nitrogens with zero attached hydrogens (tertiary/aromatic N) is 4. The molecular weight excluding hydrogens is 406 g/mol. The second-order valence-corrected chi connectivity index (χ2v) is 8.95. The first-order valence-corrected chi connectivity index (χ1v) is 9.72. The zero-order chi connectivity index (χ0) is 18.2. The number of amides is 1. The van der Waals surface area contributed by atoms with Crippen molar-refractivity contribution >= 4 is 50.6 Å². The molecule has 1 saturated heterocycles. The van der Waals surface area contributed by atoms with Crippen molar-refractivity contribution in [1.82, 2.24) is 19.0 Å². The van der Waals surface area contributed by atoms with E-state index in [4.69, 9.17) is 4.74 Å². The Morgan fingerprint density at radius 2 is 1.96 bits per heavy atom. The molecule has 1 N–H and O–H groups in total. The summed E-state index contributed by atoms with van der Waals surface area (Å²) < 4.78 is 14.9. The lowest BCUT2D eigenvalue weighted by Crippen LogP contribution is -2.54. The number of ether oxygens (including phenoxy) is 1. The molecule has 0 bridgehead atoms. The number of halogens is 1. The highest BCUT2D eigenvalue weighted by Gasteiger charge is 2.34. The molecule has 3 rings (SSSR count). The van der Waals surface area contributed by atoms with E-state index in [0.717, 1.165) is 47.3 Å². The molecule has 3 heterocycles. The predicted octanol–water partition coefficient (Wildman–Crippen LogP) is 3.73. The molecule has 1 aliphatic heterocycles. The van der Waals surface area contributed by atoms with Gasteiger partial charge in [0.1, 0.15) is 16.6 Å². The Kier molecular flexibility index (Phi) is 4.89. The van der Waals surface area contributed by atoms with Crippen LogP contribution in [-0.4, -0.2) is 44.1 Å². The van der Waals surface area contributed by atoms with Crippen LogP contribution in [0, 0.1) is 0 Å². The summed E-state index contributed by atoms with van der Waals surface area (Å²) in [7, 11) is 0. The monoisotopic (exact) mass is 427 g/mol. The lowest BCUT2D eigenvalue weighted by Gasteiger charge is -2.40. The first-order valence-electron chi connectivity index (χ1n) is 8.20. The number of nitrogens with one attached hydrogen (secondary N) is 1. The van der Waals surface area contributed by atoms with Crippen molar-refractivity contribution in [2.75, 3.05) is 18.0 Å². The molecule has 0 saturated carbocycles. The molecule has 0 radical (unpaired) electrons. The normalized spacial score (nSPS) is 17.6. The first-order chi connectivity index (χ1) is 11.7. The predicted molar refractivity (Wildman–Crippen MR) is 102 cm³/mol. The Morgan fingerprint density at radius 1 is 1.32 bits per heavy atom. The molecule has 7 nitrogen and oxygen atoms in total. The molecule has 0 aliphatic carbocycles. The average molecular weight is 428 g/mol. The highest BCUT2D eigenvalue weighted by atomic mass is 79.9. The maximum absolute atomic E-state index is 12.1. The minimum atomic E-state index is -0.494. The molecule has 0 spiro atoms. The van der Waals surface area contributed by atoms with Crippen LogP contribution >= 0.6 is 27.7 Å². The van der Waals surface area contributed by atoms with Crippen molar-refractivity contribution in [2.45, 2.75) is 51.7 Å². The van der Waals surface area contributed by atoms with Crippen LogP contribution in [0.25, 0.3) is 11.0 Å². The number of alkyl carbamates (subject to hydrolysis) is 1. The minimum Gasteiger partial charge on any atom is -0.444 e. The highest BCUT2D eigenvalue weighted by molar-refractivity contribution is 9.10. The third kappa shape index (κ3) is 4.20. The van der Waals surface area contributed by atoms with Crippen LogP contribution in [0.3, 0.4) is 0 Å². The van der Waals surface area contributed by atoms with Crippen molar-refractivity contribution in [1.29, 1.82) is 0 Å². The molecule has 1 aliphatic rings. The van der Waals surface area contributed by atoms with Crippen molar-refractivity contribution < 1.29 is 9.53 Å². The molecule has 0 aromatic carbocycles. The Hall–Kier alpha value is -1.48. The van der Waals surface area contributed by atoms with Gasteiger partial charge in [-0.1, -0.05) is 0 Å². The Labute approximate surface area is 159 Å². The fourth-order valence-corrected chi connectivity index (χ4v) is 3.90. The summed E-state index contributed by atoms with van der Waals surface area (Å²) in [5.41, 5.74) is 0.887. The second kappa shape index (κ2) is 6.68. The Bertz CT molecular complexity index is 780. The molecule has 136 valence electrons. The van der Waals surface area contributed by atoms with E-state index in [0.29, 0.717) is 0 Å².